The summed E-state index contributed by atoms with van der Waals surface area (Å²) < 4.78 is 0. The van der Waals surface area contributed by atoms with E-state index in [4.69, 9.17) is 0 Å². The van der Waals surface area contributed by atoms with Crippen molar-refractivity contribution >= 4 is 17.8 Å². The maximum atomic E-state index is 12.0. The molecule has 6 heteroatoms. The van der Waals surface area contributed by atoms with E-state index in [9.17, 15) is 19.5 Å². The van der Waals surface area contributed by atoms with Crippen LogP contribution in [0, 0.1) is 0 Å². The molecular weight excluding hydrogens is 272 g/mol. The quantitative estimate of drug-likeness (QED) is 0.800. The van der Waals surface area contributed by atoms with Gasteiger partial charge in [0.2, 0.25) is 11.8 Å². The molecule has 0 aromatic carbocycles. The van der Waals surface area contributed by atoms with Crippen molar-refractivity contribution < 1.29 is 19.5 Å². The summed E-state index contributed by atoms with van der Waals surface area (Å²) in [6.45, 7) is 1.09. The van der Waals surface area contributed by atoms with Gasteiger partial charge in [0.15, 0.2) is 0 Å². The van der Waals surface area contributed by atoms with Gasteiger partial charge in [-0.05, 0) is 25.7 Å². The second-order valence-corrected chi connectivity index (χ2v) is 6.08. The van der Waals surface area contributed by atoms with E-state index in [0.717, 1.165) is 32.1 Å². The molecule has 0 spiro atoms. The number of aliphatic carboxylic acids is 1. The van der Waals surface area contributed by atoms with Crippen molar-refractivity contribution in [1.29, 1.82) is 0 Å². The number of carboxylic acids is 1. The van der Waals surface area contributed by atoms with Crippen LogP contribution in [0.5, 0.6) is 0 Å². The Labute approximate surface area is 124 Å². The van der Waals surface area contributed by atoms with E-state index in [2.05, 4.69) is 5.32 Å². The van der Waals surface area contributed by atoms with Crippen molar-refractivity contribution in [1.82, 2.24) is 10.2 Å². The van der Waals surface area contributed by atoms with Crippen molar-refractivity contribution in [2.45, 2.75) is 63.3 Å². The minimum absolute atomic E-state index is 0.106. The molecule has 0 unspecified atom stereocenters. The zero-order valence-electron chi connectivity index (χ0n) is 12.4. The summed E-state index contributed by atoms with van der Waals surface area (Å²) in [5.41, 5.74) is -1.08. The number of hydrogen-bond acceptors (Lipinski definition) is 3. The number of nitrogens with one attached hydrogen (secondary N) is 1. The molecule has 0 atom stereocenters. The van der Waals surface area contributed by atoms with Crippen LogP contribution in [0.4, 0.5) is 0 Å². The SMILES string of the molecule is O=C(CCN1CCCCCC1=O)NC1(C(=O)O)CCCC1. The molecule has 0 bridgehead atoms. The van der Waals surface area contributed by atoms with Crippen molar-refractivity contribution in [3.63, 3.8) is 0 Å². The Balaban J connectivity index is 1.84. The van der Waals surface area contributed by atoms with E-state index in [1.54, 1.807) is 4.90 Å². The van der Waals surface area contributed by atoms with Crippen LogP contribution in [-0.4, -0.2) is 46.4 Å². The number of amides is 2. The summed E-state index contributed by atoms with van der Waals surface area (Å²) >= 11 is 0. The second kappa shape index (κ2) is 6.91. The van der Waals surface area contributed by atoms with Gasteiger partial charge in [-0.1, -0.05) is 19.3 Å². The van der Waals surface area contributed by atoms with Crippen LogP contribution in [0.2, 0.25) is 0 Å². The van der Waals surface area contributed by atoms with Gasteiger partial charge in [0.25, 0.3) is 0 Å². The van der Waals surface area contributed by atoms with Crippen molar-refractivity contribution in [2.75, 3.05) is 13.1 Å². The number of nitrogens with zero attached hydrogens (tertiary/aromatic N) is 1. The van der Waals surface area contributed by atoms with Crippen molar-refractivity contribution in [3.8, 4) is 0 Å². The Morgan fingerprint density at radius 3 is 2.52 bits per heavy atom. The normalized spacial score (nSPS) is 21.9. The summed E-state index contributed by atoms with van der Waals surface area (Å²) in [5.74, 6) is -1.11. The molecule has 1 saturated carbocycles. The summed E-state index contributed by atoms with van der Waals surface area (Å²) in [5, 5.41) is 12.0. The smallest absolute Gasteiger partial charge is 0.329 e. The first kappa shape index (κ1) is 15.8. The lowest BCUT2D eigenvalue weighted by Gasteiger charge is -2.26. The molecule has 1 heterocycles. The molecule has 0 radical (unpaired) electrons. The third-order valence-corrected chi connectivity index (χ3v) is 4.53. The number of likely N-dealkylation sites (tertiary alicyclic amines) is 1. The van der Waals surface area contributed by atoms with Crippen molar-refractivity contribution in [2.24, 2.45) is 0 Å². The van der Waals surface area contributed by atoms with Gasteiger partial charge in [-0.2, -0.15) is 0 Å². The molecule has 2 aliphatic rings. The highest BCUT2D eigenvalue weighted by atomic mass is 16.4. The van der Waals surface area contributed by atoms with Gasteiger partial charge < -0.3 is 15.3 Å². The van der Waals surface area contributed by atoms with Gasteiger partial charge in [0.1, 0.15) is 5.54 Å². The van der Waals surface area contributed by atoms with Gasteiger partial charge in [-0.15, -0.1) is 0 Å². The maximum Gasteiger partial charge on any atom is 0.329 e. The topological polar surface area (TPSA) is 86.7 Å². The van der Waals surface area contributed by atoms with Crippen LogP contribution >= 0.6 is 0 Å². The molecule has 0 aromatic rings. The minimum Gasteiger partial charge on any atom is -0.480 e. The Morgan fingerprint density at radius 2 is 1.86 bits per heavy atom. The molecule has 0 aromatic heterocycles. The van der Waals surface area contributed by atoms with E-state index in [-0.39, 0.29) is 18.2 Å². The van der Waals surface area contributed by atoms with E-state index in [1.807, 2.05) is 0 Å². The van der Waals surface area contributed by atoms with E-state index in [1.165, 1.54) is 0 Å². The fraction of sp³-hybridized carbons (Fsp3) is 0.800. The number of carbonyl (C=O) groups is 3. The number of carboxylic acid groups (broad SMARTS) is 1. The molecule has 1 aliphatic heterocycles. The van der Waals surface area contributed by atoms with E-state index < -0.39 is 11.5 Å². The lowest BCUT2D eigenvalue weighted by atomic mass is 9.97. The summed E-state index contributed by atoms with van der Waals surface area (Å²) in [4.78, 5) is 37.0. The molecule has 2 amide bonds. The number of hydrogen-bond donors (Lipinski definition) is 2. The first-order valence-electron chi connectivity index (χ1n) is 7.86. The Hall–Kier alpha value is -1.59. The maximum absolute atomic E-state index is 12.0. The fourth-order valence-electron chi connectivity index (χ4n) is 3.21. The first-order chi connectivity index (χ1) is 10.0. The summed E-state index contributed by atoms with van der Waals surface area (Å²) in [6.07, 6.45) is 6.34. The van der Waals surface area contributed by atoms with Gasteiger partial charge in [0.05, 0.1) is 0 Å². The Kier molecular flexibility index (Phi) is 5.20. The van der Waals surface area contributed by atoms with E-state index >= 15 is 0 Å². The molecule has 1 aliphatic carbocycles. The zero-order chi connectivity index (χ0) is 15.3. The molecule has 118 valence electrons. The zero-order valence-corrected chi connectivity index (χ0v) is 12.4. The predicted octanol–water partition coefficient (Wildman–Crippen LogP) is 1.29. The van der Waals surface area contributed by atoms with Gasteiger partial charge >= 0.3 is 5.97 Å². The fourth-order valence-corrected chi connectivity index (χ4v) is 3.21. The van der Waals surface area contributed by atoms with Crippen LogP contribution in [0.25, 0.3) is 0 Å². The molecule has 2 rings (SSSR count). The monoisotopic (exact) mass is 296 g/mol. The summed E-state index contributed by atoms with van der Waals surface area (Å²) in [6, 6.07) is 0. The average Bonchev–Trinajstić information content (AvgIpc) is 2.82. The third kappa shape index (κ3) is 3.95. The minimum atomic E-state index is -1.08. The largest absolute Gasteiger partial charge is 0.480 e. The highest BCUT2D eigenvalue weighted by Crippen LogP contribution is 2.30. The molecule has 1 saturated heterocycles. The van der Waals surface area contributed by atoms with Crippen LogP contribution in [0.3, 0.4) is 0 Å². The third-order valence-electron chi connectivity index (χ3n) is 4.53. The van der Waals surface area contributed by atoms with E-state index in [0.29, 0.717) is 32.4 Å². The highest BCUT2D eigenvalue weighted by Gasteiger charge is 2.42. The second-order valence-electron chi connectivity index (χ2n) is 6.08. The van der Waals surface area contributed by atoms with Gasteiger partial charge in [0, 0.05) is 25.9 Å². The molecule has 2 N–H and O–H groups in total. The predicted molar refractivity (Wildman–Crippen MR) is 76.6 cm³/mol. The first-order valence-corrected chi connectivity index (χ1v) is 7.86. The molecular formula is C15H24N2O4. The lowest BCUT2D eigenvalue weighted by Crippen LogP contribution is -2.53. The molecule has 21 heavy (non-hydrogen) atoms. The van der Waals surface area contributed by atoms with Crippen LogP contribution < -0.4 is 5.32 Å². The average molecular weight is 296 g/mol. The van der Waals surface area contributed by atoms with Crippen LogP contribution in [0.1, 0.15) is 57.8 Å². The van der Waals surface area contributed by atoms with Gasteiger partial charge in [-0.25, -0.2) is 4.79 Å². The highest BCUT2D eigenvalue weighted by molar-refractivity contribution is 5.87. The standard InChI is InChI=1S/C15H24N2O4/c18-12(16-15(14(20)21)8-3-4-9-15)7-11-17-10-5-1-2-6-13(17)19/h1-11H2,(H,16,18)(H,20,21). The van der Waals surface area contributed by atoms with Crippen molar-refractivity contribution in [3.05, 3.63) is 0 Å². The lowest BCUT2D eigenvalue weighted by molar-refractivity contribution is -0.147. The Bertz CT molecular complexity index is 416. The molecule has 2 fully saturated rings. The van der Waals surface area contributed by atoms with Crippen LogP contribution in [-0.2, 0) is 14.4 Å². The summed E-state index contributed by atoms with van der Waals surface area (Å²) in [7, 11) is 0. The number of rotatable bonds is 5. The van der Waals surface area contributed by atoms with Gasteiger partial charge in [-0.3, -0.25) is 9.59 Å². The molecule has 6 nitrogen and oxygen atoms in total. The number of carbonyl (C=O) groups excluding carboxylic acids is 2. The van der Waals surface area contributed by atoms with Crippen LogP contribution in [0.15, 0.2) is 0 Å². The Morgan fingerprint density at radius 1 is 1.14 bits per heavy atom.